The first kappa shape index (κ1) is 15.1. The normalized spacial score (nSPS) is 26.6. The molecule has 0 radical (unpaired) electrons. The van der Waals surface area contributed by atoms with Gasteiger partial charge in [0.1, 0.15) is 0 Å². The second kappa shape index (κ2) is 5.78. The molecule has 2 unspecified atom stereocenters. The Morgan fingerprint density at radius 3 is 2.86 bits per heavy atom. The van der Waals surface area contributed by atoms with Gasteiger partial charge < -0.3 is 10.2 Å². The van der Waals surface area contributed by atoms with Gasteiger partial charge in [-0.15, -0.1) is 0 Å². The molecule has 0 aliphatic carbocycles. The van der Waals surface area contributed by atoms with E-state index in [2.05, 4.69) is 10.2 Å². The van der Waals surface area contributed by atoms with Crippen molar-refractivity contribution in [3.63, 3.8) is 0 Å². The summed E-state index contributed by atoms with van der Waals surface area (Å²) in [6.07, 6.45) is 5.98. The van der Waals surface area contributed by atoms with Crippen LogP contribution in [-0.4, -0.2) is 44.7 Å². The summed E-state index contributed by atoms with van der Waals surface area (Å²) in [6, 6.07) is 5.91. The Balaban J connectivity index is 1.75. The van der Waals surface area contributed by atoms with Crippen molar-refractivity contribution in [2.24, 2.45) is 0 Å². The van der Waals surface area contributed by atoms with Gasteiger partial charge in [-0.25, -0.2) is 8.42 Å². The number of hydrogen-bond donors (Lipinski definition) is 1. The first-order valence-electron chi connectivity index (χ1n) is 7.44. The first-order valence-corrected chi connectivity index (χ1v) is 9.70. The monoisotopic (exact) mass is 328 g/mol. The minimum absolute atomic E-state index is 0.313. The molecule has 1 N–H and O–H groups in total. The summed E-state index contributed by atoms with van der Waals surface area (Å²) in [7, 11) is -3.20. The molecule has 21 heavy (non-hydrogen) atoms. The van der Waals surface area contributed by atoms with Crippen LogP contribution in [0.2, 0.25) is 5.02 Å². The van der Waals surface area contributed by atoms with E-state index in [0.29, 0.717) is 22.0 Å². The highest BCUT2D eigenvalue weighted by atomic mass is 35.5. The summed E-state index contributed by atoms with van der Waals surface area (Å²) in [5, 5.41) is 4.03. The summed E-state index contributed by atoms with van der Waals surface area (Å²) in [5.41, 5.74) is 0.732. The van der Waals surface area contributed by atoms with Crippen LogP contribution in [0, 0.1) is 0 Å². The molecule has 2 fully saturated rings. The lowest BCUT2D eigenvalue weighted by atomic mass is 9.97. The highest BCUT2D eigenvalue weighted by Crippen LogP contribution is 2.31. The first-order chi connectivity index (χ1) is 9.93. The van der Waals surface area contributed by atoms with Crippen LogP contribution in [0.4, 0.5) is 5.69 Å². The zero-order valence-corrected chi connectivity index (χ0v) is 13.8. The standard InChI is InChI=1S/C15H21ClN2O2S/c1-21(19,20)13-4-5-14(16)15(10-13)17-11-6-8-18-7-2-3-12(18)9-11/h4-5,10-12,17H,2-3,6-9H2,1H3. The SMILES string of the molecule is CS(=O)(=O)c1ccc(Cl)c(NC2CCN3CCCC3C2)c1. The smallest absolute Gasteiger partial charge is 0.175 e. The lowest BCUT2D eigenvalue weighted by molar-refractivity contribution is 0.188. The fourth-order valence-corrected chi connectivity index (χ4v) is 4.24. The Bertz CT molecular complexity index is 633. The van der Waals surface area contributed by atoms with Gasteiger partial charge in [-0.3, -0.25) is 0 Å². The van der Waals surface area contributed by atoms with Crippen molar-refractivity contribution in [2.75, 3.05) is 24.7 Å². The van der Waals surface area contributed by atoms with Crippen LogP contribution in [0.25, 0.3) is 0 Å². The van der Waals surface area contributed by atoms with Gasteiger partial charge in [0.2, 0.25) is 0 Å². The maximum absolute atomic E-state index is 11.7. The minimum atomic E-state index is -3.20. The zero-order valence-electron chi connectivity index (χ0n) is 12.2. The Morgan fingerprint density at radius 2 is 2.10 bits per heavy atom. The predicted molar refractivity (Wildman–Crippen MR) is 85.8 cm³/mol. The molecule has 0 saturated carbocycles. The lowest BCUT2D eigenvalue weighted by Crippen LogP contribution is -2.42. The molecule has 0 aromatic heterocycles. The molecule has 1 aromatic carbocycles. The van der Waals surface area contributed by atoms with E-state index in [0.717, 1.165) is 25.1 Å². The average molecular weight is 329 g/mol. The number of fused-ring (bicyclic) bond motifs is 1. The van der Waals surface area contributed by atoms with Gasteiger partial charge in [0.15, 0.2) is 9.84 Å². The van der Waals surface area contributed by atoms with E-state index in [9.17, 15) is 8.42 Å². The van der Waals surface area contributed by atoms with E-state index < -0.39 is 9.84 Å². The van der Waals surface area contributed by atoms with Crippen LogP contribution < -0.4 is 5.32 Å². The molecule has 0 bridgehead atoms. The molecular formula is C15H21ClN2O2S. The van der Waals surface area contributed by atoms with E-state index in [4.69, 9.17) is 11.6 Å². The van der Waals surface area contributed by atoms with E-state index in [1.165, 1.54) is 25.6 Å². The highest BCUT2D eigenvalue weighted by Gasteiger charge is 2.31. The maximum atomic E-state index is 11.7. The highest BCUT2D eigenvalue weighted by molar-refractivity contribution is 7.90. The van der Waals surface area contributed by atoms with E-state index >= 15 is 0 Å². The van der Waals surface area contributed by atoms with Crippen molar-refractivity contribution >= 4 is 27.1 Å². The summed E-state index contributed by atoms with van der Waals surface area (Å²) in [5.74, 6) is 0. The van der Waals surface area contributed by atoms with Crippen LogP contribution in [-0.2, 0) is 9.84 Å². The van der Waals surface area contributed by atoms with Gasteiger partial charge in [-0.1, -0.05) is 11.6 Å². The van der Waals surface area contributed by atoms with Crippen molar-refractivity contribution in [2.45, 2.75) is 42.7 Å². The summed E-state index contributed by atoms with van der Waals surface area (Å²) in [4.78, 5) is 2.87. The van der Waals surface area contributed by atoms with Gasteiger partial charge in [0.05, 0.1) is 15.6 Å². The summed E-state index contributed by atoms with van der Waals surface area (Å²) in [6.45, 7) is 2.34. The Morgan fingerprint density at radius 1 is 1.29 bits per heavy atom. The van der Waals surface area contributed by atoms with Crippen LogP contribution in [0.15, 0.2) is 23.1 Å². The van der Waals surface area contributed by atoms with Crippen molar-refractivity contribution in [1.29, 1.82) is 0 Å². The van der Waals surface area contributed by atoms with Crippen molar-refractivity contribution in [1.82, 2.24) is 4.90 Å². The van der Waals surface area contributed by atoms with Crippen molar-refractivity contribution in [3.8, 4) is 0 Å². The molecule has 2 atom stereocenters. The van der Waals surface area contributed by atoms with Crippen molar-refractivity contribution < 1.29 is 8.42 Å². The Hall–Kier alpha value is -0.780. The van der Waals surface area contributed by atoms with Crippen LogP contribution in [0.5, 0.6) is 0 Å². The zero-order chi connectivity index (χ0) is 15.0. The number of halogens is 1. The molecule has 0 spiro atoms. The summed E-state index contributed by atoms with van der Waals surface area (Å²) < 4.78 is 23.3. The number of rotatable bonds is 3. The molecule has 4 nitrogen and oxygen atoms in total. The van der Waals surface area contributed by atoms with Crippen LogP contribution in [0.1, 0.15) is 25.7 Å². The van der Waals surface area contributed by atoms with E-state index in [1.807, 2.05) is 0 Å². The molecule has 6 heteroatoms. The van der Waals surface area contributed by atoms with Gasteiger partial charge in [-0.05, 0) is 50.4 Å². The molecule has 0 amide bonds. The van der Waals surface area contributed by atoms with Gasteiger partial charge in [0, 0.05) is 24.9 Å². The molecule has 2 aliphatic heterocycles. The minimum Gasteiger partial charge on any atom is -0.381 e. The number of sulfone groups is 1. The molecule has 2 saturated heterocycles. The fraction of sp³-hybridized carbons (Fsp3) is 0.600. The second-order valence-electron chi connectivity index (χ2n) is 6.11. The largest absolute Gasteiger partial charge is 0.381 e. The Kier molecular flexibility index (Phi) is 4.17. The van der Waals surface area contributed by atoms with E-state index in [1.54, 1.807) is 18.2 Å². The number of benzene rings is 1. The third-order valence-electron chi connectivity index (χ3n) is 4.55. The molecular weight excluding hydrogens is 308 g/mol. The second-order valence-corrected chi connectivity index (χ2v) is 8.53. The van der Waals surface area contributed by atoms with Crippen LogP contribution >= 0.6 is 11.6 Å². The molecule has 2 heterocycles. The maximum Gasteiger partial charge on any atom is 0.175 e. The number of piperidine rings is 1. The number of hydrogen-bond acceptors (Lipinski definition) is 4. The predicted octanol–water partition coefficient (Wildman–Crippen LogP) is 2.78. The fourth-order valence-electron chi connectivity index (χ4n) is 3.42. The third-order valence-corrected chi connectivity index (χ3v) is 5.99. The lowest BCUT2D eigenvalue weighted by Gasteiger charge is -2.35. The quantitative estimate of drug-likeness (QED) is 0.927. The number of anilines is 1. The van der Waals surface area contributed by atoms with Gasteiger partial charge in [-0.2, -0.15) is 0 Å². The Labute approximate surface area is 131 Å². The number of nitrogens with zero attached hydrogens (tertiary/aromatic N) is 1. The topological polar surface area (TPSA) is 49.4 Å². The average Bonchev–Trinajstić information content (AvgIpc) is 2.87. The van der Waals surface area contributed by atoms with Crippen LogP contribution in [0.3, 0.4) is 0 Å². The molecule has 2 aliphatic rings. The van der Waals surface area contributed by atoms with Crippen molar-refractivity contribution in [3.05, 3.63) is 23.2 Å². The molecule has 3 rings (SSSR count). The van der Waals surface area contributed by atoms with E-state index in [-0.39, 0.29) is 0 Å². The number of nitrogens with one attached hydrogen (secondary N) is 1. The van der Waals surface area contributed by atoms with Gasteiger partial charge in [0.25, 0.3) is 0 Å². The molecule has 1 aromatic rings. The third kappa shape index (κ3) is 3.35. The van der Waals surface area contributed by atoms with Gasteiger partial charge >= 0.3 is 0 Å². The summed E-state index contributed by atoms with van der Waals surface area (Å²) >= 11 is 6.21. The molecule has 116 valence electrons.